The Bertz CT molecular complexity index is 376. The fraction of sp³-hybridized carbons (Fsp3) is 0.500. The number of hydrogen-bond donors (Lipinski definition) is 2. The van der Waals surface area contributed by atoms with E-state index in [2.05, 4.69) is 19.2 Å². The SMILES string of the molecule is CCC(CC)NC(=O)CCOc1ccccc1N. The molecule has 0 unspecified atom stereocenters. The highest BCUT2D eigenvalue weighted by Gasteiger charge is 2.08. The predicted molar refractivity (Wildman–Crippen MR) is 73.5 cm³/mol. The van der Waals surface area contributed by atoms with Crippen LogP contribution in [-0.4, -0.2) is 18.6 Å². The van der Waals surface area contributed by atoms with Gasteiger partial charge in [-0.2, -0.15) is 0 Å². The number of amides is 1. The van der Waals surface area contributed by atoms with Crippen LogP contribution in [0, 0.1) is 0 Å². The molecule has 4 heteroatoms. The number of rotatable bonds is 7. The van der Waals surface area contributed by atoms with Crippen LogP contribution in [0.3, 0.4) is 0 Å². The third-order valence-electron chi connectivity index (χ3n) is 2.86. The van der Waals surface area contributed by atoms with Crippen molar-refractivity contribution in [3.8, 4) is 5.75 Å². The normalized spacial score (nSPS) is 10.4. The van der Waals surface area contributed by atoms with Gasteiger partial charge in [0.2, 0.25) is 5.91 Å². The molecule has 1 aromatic carbocycles. The standard InChI is InChI=1S/C14H22N2O2/c1-3-11(4-2)16-14(17)9-10-18-13-8-6-5-7-12(13)15/h5-8,11H,3-4,9-10,15H2,1-2H3,(H,16,17). The maximum absolute atomic E-state index is 11.6. The molecule has 3 N–H and O–H groups in total. The van der Waals surface area contributed by atoms with Crippen molar-refractivity contribution >= 4 is 11.6 Å². The largest absolute Gasteiger partial charge is 0.491 e. The molecule has 0 aliphatic rings. The zero-order valence-corrected chi connectivity index (χ0v) is 11.1. The number of anilines is 1. The lowest BCUT2D eigenvalue weighted by molar-refractivity contribution is -0.122. The summed E-state index contributed by atoms with van der Waals surface area (Å²) in [6, 6.07) is 7.55. The van der Waals surface area contributed by atoms with Crippen LogP contribution in [0.5, 0.6) is 5.75 Å². The molecule has 18 heavy (non-hydrogen) atoms. The summed E-state index contributed by atoms with van der Waals surface area (Å²) in [5.41, 5.74) is 6.33. The summed E-state index contributed by atoms with van der Waals surface area (Å²) in [6.45, 7) is 4.48. The number of carbonyl (C=O) groups is 1. The Morgan fingerprint density at radius 3 is 2.61 bits per heavy atom. The Balaban J connectivity index is 2.29. The third-order valence-corrected chi connectivity index (χ3v) is 2.86. The van der Waals surface area contributed by atoms with Crippen molar-refractivity contribution < 1.29 is 9.53 Å². The zero-order valence-electron chi connectivity index (χ0n) is 11.1. The average molecular weight is 250 g/mol. The van der Waals surface area contributed by atoms with Gasteiger partial charge >= 0.3 is 0 Å². The van der Waals surface area contributed by atoms with Crippen LogP contribution < -0.4 is 15.8 Å². The van der Waals surface area contributed by atoms with Crippen LogP contribution in [-0.2, 0) is 4.79 Å². The molecule has 1 aromatic rings. The van der Waals surface area contributed by atoms with Gasteiger partial charge in [0.05, 0.1) is 18.7 Å². The second-order valence-electron chi connectivity index (χ2n) is 4.22. The van der Waals surface area contributed by atoms with Crippen LogP contribution in [0.25, 0.3) is 0 Å². The first-order valence-electron chi connectivity index (χ1n) is 6.44. The number of nitrogens with one attached hydrogen (secondary N) is 1. The van der Waals surface area contributed by atoms with Gasteiger partial charge in [-0.1, -0.05) is 26.0 Å². The highest BCUT2D eigenvalue weighted by atomic mass is 16.5. The Hall–Kier alpha value is -1.71. The van der Waals surface area contributed by atoms with E-state index in [4.69, 9.17) is 10.5 Å². The zero-order chi connectivity index (χ0) is 13.4. The highest BCUT2D eigenvalue weighted by Crippen LogP contribution is 2.19. The summed E-state index contributed by atoms with van der Waals surface area (Å²) in [7, 11) is 0. The Morgan fingerprint density at radius 2 is 2.00 bits per heavy atom. The third kappa shape index (κ3) is 4.65. The van der Waals surface area contributed by atoms with Crippen LogP contribution in [0.4, 0.5) is 5.69 Å². The number of carbonyl (C=O) groups excluding carboxylic acids is 1. The highest BCUT2D eigenvalue weighted by molar-refractivity contribution is 5.76. The molecule has 4 nitrogen and oxygen atoms in total. The van der Waals surface area contributed by atoms with Crippen LogP contribution >= 0.6 is 0 Å². The van der Waals surface area contributed by atoms with E-state index in [-0.39, 0.29) is 11.9 Å². The first-order chi connectivity index (χ1) is 8.67. The number of hydrogen-bond acceptors (Lipinski definition) is 3. The van der Waals surface area contributed by atoms with Crippen LogP contribution in [0.2, 0.25) is 0 Å². The number of para-hydroxylation sites is 2. The molecule has 0 aliphatic heterocycles. The molecule has 0 radical (unpaired) electrons. The van der Waals surface area contributed by atoms with Gasteiger partial charge in [-0.25, -0.2) is 0 Å². The van der Waals surface area contributed by atoms with Crippen LogP contribution in [0.1, 0.15) is 33.1 Å². The van der Waals surface area contributed by atoms with Gasteiger partial charge in [-0.3, -0.25) is 4.79 Å². The minimum Gasteiger partial charge on any atom is -0.491 e. The topological polar surface area (TPSA) is 64.3 Å². The van der Waals surface area contributed by atoms with Gasteiger partial charge in [0.1, 0.15) is 5.75 Å². The number of benzene rings is 1. The lowest BCUT2D eigenvalue weighted by Gasteiger charge is -2.15. The molecule has 0 aromatic heterocycles. The van der Waals surface area contributed by atoms with Crippen molar-refractivity contribution in [2.45, 2.75) is 39.2 Å². The molecule has 0 saturated heterocycles. The van der Waals surface area contributed by atoms with Gasteiger partial charge in [0.25, 0.3) is 0 Å². The summed E-state index contributed by atoms with van der Waals surface area (Å²) < 4.78 is 5.47. The van der Waals surface area contributed by atoms with Gasteiger partial charge in [-0.05, 0) is 25.0 Å². The quantitative estimate of drug-likeness (QED) is 0.730. The minimum absolute atomic E-state index is 0.0261. The molecule has 0 atom stereocenters. The maximum atomic E-state index is 11.6. The molecule has 0 saturated carbocycles. The van der Waals surface area contributed by atoms with E-state index in [9.17, 15) is 4.79 Å². The first kappa shape index (κ1) is 14.4. The summed E-state index contributed by atoms with van der Waals surface area (Å²) in [6.07, 6.45) is 2.26. The molecule has 0 aliphatic carbocycles. The number of nitrogens with two attached hydrogens (primary N) is 1. The molecule has 100 valence electrons. The fourth-order valence-corrected chi connectivity index (χ4v) is 1.66. The van der Waals surface area contributed by atoms with Crippen molar-refractivity contribution in [2.75, 3.05) is 12.3 Å². The lowest BCUT2D eigenvalue weighted by atomic mass is 10.1. The van der Waals surface area contributed by atoms with Crippen molar-refractivity contribution in [3.63, 3.8) is 0 Å². The van der Waals surface area contributed by atoms with Crippen molar-refractivity contribution in [3.05, 3.63) is 24.3 Å². The molecule has 1 amide bonds. The lowest BCUT2D eigenvalue weighted by Crippen LogP contribution is -2.34. The van der Waals surface area contributed by atoms with E-state index in [0.717, 1.165) is 12.8 Å². The second-order valence-corrected chi connectivity index (χ2v) is 4.22. The molecule has 1 rings (SSSR count). The van der Waals surface area contributed by atoms with Gasteiger partial charge in [0, 0.05) is 6.04 Å². The van der Waals surface area contributed by atoms with E-state index in [1.165, 1.54) is 0 Å². The summed E-state index contributed by atoms with van der Waals surface area (Å²) in [5.74, 6) is 0.658. The number of ether oxygens (including phenoxy) is 1. The van der Waals surface area contributed by atoms with Gasteiger partial charge in [-0.15, -0.1) is 0 Å². The molecule has 0 bridgehead atoms. The first-order valence-corrected chi connectivity index (χ1v) is 6.44. The van der Waals surface area contributed by atoms with Crippen molar-refractivity contribution in [1.29, 1.82) is 0 Å². The van der Waals surface area contributed by atoms with Crippen molar-refractivity contribution in [2.24, 2.45) is 0 Å². The summed E-state index contributed by atoms with van der Waals surface area (Å²) in [4.78, 5) is 11.6. The Morgan fingerprint density at radius 1 is 1.33 bits per heavy atom. The van der Waals surface area contributed by atoms with E-state index >= 15 is 0 Å². The van der Waals surface area contributed by atoms with E-state index < -0.39 is 0 Å². The smallest absolute Gasteiger partial charge is 0.223 e. The fourth-order valence-electron chi connectivity index (χ4n) is 1.66. The molecule has 0 spiro atoms. The van der Waals surface area contributed by atoms with Crippen LogP contribution in [0.15, 0.2) is 24.3 Å². The summed E-state index contributed by atoms with van der Waals surface area (Å²) >= 11 is 0. The number of nitrogen functional groups attached to an aromatic ring is 1. The summed E-state index contributed by atoms with van der Waals surface area (Å²) in [5, 5.41) is 2.97. The maximum Gasteiger partial charge on any atom is 0.223 e. The molecular formula is C14H22N2O2. The van der Waals surface area contributed by atoms with Gasteiger partial charge < -0.3 is 15.8 Å². The van der Waals surface area contributed by atoms with Gasteiger partial charge in [0.15, 0.2) is 0 Å². The minimum atomic E-state index is 0.0261. The van der Waals surface area contributed by atoms with E-state index in [1.807, 2.05) is 12.1 Å². The average Bonchev–Trinajstić information content (AvgIpc) is 2.38. The van der Waals surface area contributed by atoms with E-state index in [0.29, 0.717) is 24.5 Å². The molecule has 0 fully saturated rings. The molecule has 0 heterocycles. The van der Waals surface area contributed by atoms with Crippen molar-refractivity contribution in [1.82, 2.24) is 5.32 Å². The predicted octanol–water partition coefficient (Wildman–Crippen LogP) is 2.34. The molecular weight excluding hydrogens is 228 g/mol. The Kier molecular flexibility index (Phi) is 6.05. The monoisotopic (exact) mass is 250 g/mol. The second kappa shape index (κ2) is 7.58. The van der Waals surface area contributed by atoms with E-state index in [1.54, 1.807) is 12.1 Å². The Labute approximate surface area is 109 Å².